The van der Waals surface area contributed by atoms with E-state index in [1.807, 2.05) is 6.07 Å². The van der Waals surface area contributed by atoms with Gasteiger partial charge in [0.2, 0.25) is 0 Å². The lowest BCUT2D eigenvalue weighted by atomic mass is 10.00. The van der Waals surface area contributed by atoms with Gasteiger partial charge in [-0.1, -0.05) is 17.7 Å². The Labute approximate surface area is 96.8 Å². The number of carboxylic acid groups (broad SMARTS) is 1. The summed E-state index contributed by atoms with van der Waals surface area (Å²) in [6.45, 7) is 0. The maximum atomic E-state index is 10.6. The first kappa shape index (κ1) is 11.8. The average Bonchev–Trinajstić information content (AvgIpc) is 2.18. The second-order valence-electron chi connectivity index (χ2n) is 2.88. The van der Waals surface area contributed by atoms with Gasteiger partial charge in [0.05, 0.1) is 17.0 Å². The minimum absolute atomic E-state index is 0.161. The number of carboxylic acids is 1. The van der Waals surface area contributed by atoms with Crippen LogP contribution in [0.2, 0.25) is 5.02 Å². The molecule has 1 rings (SSSR count). The first-order chi connectivity index (χ1) is 7.10. The zero-order valence-corrected chi connectivity index (χ0v) is 9.14. The summed E-state index contributed by atoms with van der Waals surface area (Å²) in [6.07, 6.45) is -0.245. The molecule has 0 unspecified atom stereocenters. The Morgan fingerprint density at radius 2 is 2.20 bits per heavy atom. The topological polar surface area (TPSA) is 61.1 Å². The van der Waals surface area contributed by atoms with E-state index in [0.717, 1.165) is 0 Å². The number of aliphatic carboxylic acids is 1. The lowest BCUT2D eigenvalue weighted by Gasteiger charge is -2.08. The quantitative estimate of drug-likeness (QED) is 0.831. The molecule has 0 radical (unpaired) electrons. The van der Waals surface area contributed by atoms with Crippen molar-refractivity contribution in [1.29, 1.82) is 5.26 Å². The van der Waals surface area contributed by atoms with Crippen LogP contribution in [0.3, 0.4) is 0 Å². The minimum Gasteiger partial charge on any atom is -0.481 e. The Morgan fingerprint density at radius 3 is 2.67 bits per heavy atom. The largest absolute Gasteiger partial charge is 0.481 e. The van der Waals surface area contributed by atoms with Gasteiger partial charge < -0.3 is 5.11 Å². The monoisotopic (exact) mass is 243 g/mol. The fraction of sp³-hybridized carbons (Fsp3) is 0.200. The molecule has 0 atom stereocenters. The number of benzene rings is 1. The van der Waals surface area contributed by atoms with Crippen molar-refractivity contribution in [2.45, 2.75) is 12.3 Å². The minimum atomic E-state index is -1.01. The number of nitriles is 1. The molecule has 0 heterocycles. The molecule has 3 nitrogen and oxygen atoms in total. The van der Waals surface area contributed by atoms with Gasteiger partial charge in [-0.2, -0.15) is 5.26 Å². The molecule has 0 amide bonds. The standard InChI is InChI=1S/C10H7Cl2NO2/c11-4-6-1-2-9(12)8(5-13)7(6)3-10(14)15/h1-2H,3-4H2,(H,14,15). The van der Waals surface area contributed by atoms with Crippen molar-refractivity contribution in [2.75, 3.05) is 0 Å². The molecule has 0 saturated carbocycles. The number of hydrogen-bond acceptors (Lipinski definition) is 2. The lowest BCUT2D eigenvalue weighted by Crippen LogP contribution is -2.05. The Morgan fingerprint density at radius 1 is 1.53 bits per heavy atom. The zero-order valence-electron chi connectivity index (χ0n) is 7.63. The highest BCUT2D eigenvalue weighted by Crippen LogP contribution is 2.24. The van der Waals surface area contributed by atoms with Crippen LogP contribution in [0.5, 0.6) is 0 Å². The van der Waals surface area contributed by atoms with Crippen molar-refractivity contribution in [3.05, 3.63) is 33.8 Å². The highest BCUT2D eigenvalue weighted by molar-refractivity contribution is 6.32. The van der Waals surface area contributed by atoms with Crippen molar-refractivity contribution < 1.29 is 9.90 Å². The first-order valence-corrected chi connectivity index (χ1v) is 4.99. The Hall–Kier alpha value is -1.24. The van der Waals surface area contributed by atoms with Crippen LogP contribution in [0, 0.1) is 11.3 Å². The molecule has 5 heteroatoms. The smallest absolute Gasteiger partial charge is 0.307 e. The number of carbonyl (C=O) groups is 1. The molecule has 78 valence electrons. The zero-order chi connectivity index (χ0) is 11.4. The van der Waals surface area contributed by atoms with Gasteiger partial charge in [-0.3, -0.25) is 4.79 Å². The van der Waals surface area contributed by atoms with Crippen LogP contribution >= 0.6 is 23.2 Å². The number of hydrogen-bond donors (Lipinski definition) is 1. The van der Waals surface area contributed by atoms with E-state index in [-0.39, 0.29) is 22.9 Å². The molecule has 0 fully saturated rings. The van der Waals surface area contributed by atoms with E-state index in [1.165, 1.54) is 0 Å². The predicted molar refractivity (Wildman–Crippen MR) is 57.1 cm³/mol. The second-order valence-corrected chi connectivity index (χ2v) is 3.55. The molecule has 0 aromatic heterocycles. The van der Waals surface area contributed by atoms with Gasteiger partial charge in [0.1, 0.15) is 6.07 Å². The van der Waals surface area contributed by atoms with E-state index in [9.17, 15) is 4.79 Å². The lowest BCUT2D eigenvalue weighted by molar-refractivity contribution is -0.136. The third-order valence-corrected chi connectivity index (χ3v) is 2.55. The molecule has 0 aliphatic rings. The van der Waals surface area contributed by atoms with Crippen LogP contribution in [-0.4, -0.2) is 11.1 Å². The normalized spacial score (nSPS) is 9.67. The summed E-state index contributed by atoms with van der Waals surface area (Å²) in [5, 5.41) is 17.8. The molecule has 1 N–H and O–H groups in total. The summed E-state index contributed by atoms with van der Waals surface area (Å²) < 4.78 is 0. The molecule has 15 heavy (non-hydrogen) atoms. The van der Waals surface area contributed by atoms with Crippen LogP contribution in [-0.2, 0) is 17.1 Å². The Bertz CT molecular complexity index is 438. The van der Waals surface area contributed by atoms with Gasteiger partial charge in [0.15, 0.2) is 0 Å². The van der Waals surface area contributed by atoms with Crippen molar-refractivity contribution in [2.24, 2.45) is 0 Å². The first-order valence-electron chi connectivity index (χ1n) is 4.08. The SMILES string of the molecule is N#Cc1c(Cl)ccc(CCl)c1CC(=O)O. The third kappa shape index (κ3) is 2.62. The van der Waals surface area contributed by atoms with Crippen molar-refractivity contribution >= 4 is 29.2 Å². The number of nitrogens with zero attached hydrogens (tertiary/aromatic N) is 1. The van der Waals surface area contributed by atoms with Gasteiger partial charge in [0.25, 0.3) is 0 Å². The van der Waals surface area contributed by atoms with Crippen molar-refractivity contribution in [3.63, 3.8) is 0 Å². The Kier molecular flexibility index (Phi) is 3.96. The van der Waals surface area contributed by atoms with Gasteiger partial charge in [-0.15, -0.1) is 11.6 Å². The van der Waals surface area contributed by atoms with Gasteiger partial charge in [-0.05, 0) is 17.2 Å². The summed E-state index contributed by atoms with van der Waals surface area (Å²) in [5.74, 6) is -0.853. The van der Waals surface area contributed by atoms with Crippen LogP contribution < -0.4 is 0 Å². The van der Waals surface area contributed by atoms with Crippen molar-refractivity contribution in [1.82, 2.24) is 0 Å². The second kappa shape index (κ2) is 5.01. The van der Waals surface area contributed by atoms with E-state index in [1.54, 1.807) is 12.1 Å². The van der Waals surface area contributed by atoms with E-state index >= 15 is 0 Å². The number of halogens is 2. The molecular weight excluding hydrogens is 237 g/mol. The molecule has 0 bridgehead atoms. The summed E-state index contributed by atoms with van der Waals surface area (Å²) in [7, 11) is 0. The molecule has 0 spiro atoms. The Balaban J connectivity index is 3.35. The summed E-state index contributed by atoms with van der Waals surface area (Å²) in [4.78, 5) is 10.6. The molecule has 1 aromatic rings. The van der Waals surface area contributed by atoms with Gasteiger partial charge in [0, 0.05) is 5.88 Å². The van der Waals surface area contributed by atoms with Crippen LogP contribution in [0.15, 0.2) is 12.1 Å². The van der Waals surface area contributed by atoms with E-state index < -0.39 is 5.97 Å². The number of rotatable bonds is 3. The number of alkyl halides is 1. The maximum absolute atomic E-state index is 10.6. The van der Waals surface area contributed by atoms with Gasteiger partial charge >= 0.3 is 5.97 Å². The third-order valence-electron chi connectivity index (χ3n) is 1.94. The molecule has 0 saturated heterocycles. The molecule has 0 aliphatic carbocycles. The van der Waals surface area contributed by atoms with Crippen LogP contribution in [0.4, 0.5) is 0 Å². The van der Waals surface area contributed by atoms with E-state index in [0.29, 0.717) is 11.1 Å². The maximum Gasteiger partial charge on any atom is 0.307 e. The van der Waals surface area contributed by atoms with Crippen LogP contribution in [0.1, 0.15) is 16.7 Å². The summed E-state index contributed by atoms with van der Waals surface area (Å²) in [5.41, 5.74) is 1.21. The van der Waals surface area contributed by atoms with Crippen molar-refractivity contribution in [3.8, 4) is 6.07 Å². The predicted octanol–water partition coefficient (Wildman–Crippen LogP) is 2.58. The highest BCUT2D eigenvalue weighted by Gasteiger charge is 2.14. The van der Waals surface area contributed by atoms with Crippen LogP contribution in [0.25, 0.3) is 0 Å². The van der Waals surface area contributed by atoms with E-state index in [4.69, 9.17) is 33.6 Å². The van der Waals surface area contributed by atoms with Gasteiger partial charge in [-0.25, -0.2) is 0 Å². The summed E-state index contributed by atoms with van der Waals surface area (Å²) in [6, 6.07) is 5.07. The fourth-order valence-electron chi connectivity index (χ4n) is 1.26. The molecule has 1 aromatic carbocycles. The fourth-order valence-corrected chi connectivity index (χ4v) is 1.73. The summed E-state index contributed by atoms with van der Waals surface area (Å²) >= 11 is 11.4. The molecule has 0 aliphatic heterocycles. The average molecular weight is 244 g/mol. The van der Waals surface area contributed by atoms with E-state index in [2.05, 4.69) is 0 Å². The highest BCUT2D eigenvalue weighted by atomic mass is 35.5. The molecular formula is C10H7Cl2NO2.